The summed E-state index contributed by atoms with van der Waals surface area (Å²) >= 11 is 0. The summed E-state index contributed by atoms with van der Waals surface area (Å²) in [6.45, 7) is 0. The van der Waals surface area contributed by atoms with Gasteiger partial charge >= 0.3 is 0 Å². The van der Waals surface area contributed by atoms with E-state index in [1.807, 2.05) is 18.2 Å². The van der Waals surface area contributed by atoms with Crippen molar-refractivity contribution in [2.75, 3.05) is 0 Å². The molecule has 2 amide bonds. The summed E-state index contributed by atoms with van der Waals surface area (Å²) in [6.07, 6.45) is 12.3. The first-order valence-electron chi connectivity index (χ1n) is 10.9. The highest BCUT2D eigenvalue weighted by Crippen LogP contribution is 2.23. The van der Waals surface area contributed by atoms with Crippen molar-refractivity contribution in [2.24, 2.45) is 5.92 Å². The Morgan fingerprint density at radius 1 is 0.857 bits per heavy atom. The lowest BCUT2D eigenvalue weighted by Gasteiger charge is -2.25. The van der Waals surface area contributed by atoms with Gasteiger partial charge in [-0.1, -0.05) is 56.4 Å². The number of fused-ring (bicyclic) bond motifs is 1. The molecule has 0 aromatic heterocycles. The van der Waals surface area contributed by atoms with Crippen LogP contribution in [0, 0.1) is 17.8 Å². The number of amides is 2. The van der Waals surface area contributed by atoms with Gasteiger partial charge in [0.1, 0.15) is 5.92 Å². The van der Waals surface area contributed by atoms with E-state index in [0.717, 1.165) is 36.8 Å². The van der Waals surface area contributed by atoms with E-state index < -0.39 is 0 Å². The fourth-order valence-electron chi connectivity index (χ4n) is 4.67. The highest BCUT2D eigenvalue weighted by molar-refractivity contribution is 5.95. The first-order chi connectivity index (χ1) is 13.7. The Hall–Kier alpha value is -2.28. The van der Waals surface area contributed by atoms with Gasteiger partial charge < -0.3 is 10.6 Å². The molecule has 0 aliphatic heterocycles. The largest absolute Gasteiger partial charge is 0.352 e. The van der Waals surface area contributed by atoms with Crippen molar-refractivity contribution in [2.45, 2.75) is 82.7 Å². The minimum Gasteiger partial charge on any atom is -0.352 e. The maximum absolute atomic E-state index is 12.6. The van der Waals surface area contributed by atoms with E-state index in [0.29, 0.717) is 24.1 Å². The SMILES string of the molecule is O=C(NC1CCCCC1)c1ccc2c(c1)C#CC(C(=O)NC1CCCCC1)C2. The molecule has 0 radical (unpaired) electrons. The molecule has 2 saturated carbocycles. The van der Waals surface area contributed by atoms with E-state index in [2.05, 4.69) is 22.5 Å². The van der Waals surface area contributed by atoms with Crippen LogP contribution >= 0.6 is 0 Å². The fourth-order valence-corrected chi connectivity index (χ4v) is 4.67. The molecule has 4 rings (SSSR count). The minimum atomic E-state index is -0.281. The number of hydrogen-bond acceptors (Lipinski definition) is 2. The quantitative estimate of drug-likeness (QED) is 0.785. The van der Waals surface area contributed by atoms with Gasteiger partial charge in [0.25, 0.3) is 5.91 Å². The molecular weight excluding hydrogens is 348 g/mol. The Bertz CT molecular complexity index is 793. The molecule has 0 heterocycles. The third-order valence-corrected chi connectivity index (χ3v) is 6.39. The number of carbonyl (C=O) groups is 2. The molecule has 1 atom stereocenters. The van der Waals surface area contributed by atoms with Crippen LogP contribution in [-0.2, 0) is 11.2 Å². The smallest absolute Gasteiger partial charge is 0.251 e. The Morgan fingerprint density at radius 3 is 2.18 bits per heavy atom. The van der Waals surface area contributed by atoms with Crippen molar-refractivity contribution in [1.29, 1.82) is 0 Å². The first-order valence-corrected chi connectivity index (χ1v) is 10.9. The second kappa shape index (κ2) is 8.82. The molecule has 1 aromatic carbocycles. The van der Waals surface area contributed by atoms with Crippen molar-refractivity contribution in [3.63, 3.8) is 0 Å². The van der Waals surface area contributed by atoms with Crippen LogP contribution in [0.1, 0.15) is 85.7 Å². The number of hydrogen-bond donors (Lipinski definition) is 2. The van der Waals surface area contributed by atoms with E-state index in [9.17, 15) is 9.59 Å². The van der Waals surface area contributed by atoms with E-state index in [4.69, 9.17) is 0 Å². The van der Waals surface area contributed by atoms with Crippen LogP contribution in [0.15, 0.2) is 18.2 Å². The predicted octanol–water partition coefficient (Wildman–Crippen LogP) is 3.72. The van der Waals surface area contributed by atoms with Crippen molar-refractivity contribution in [1.82, 2.24) is 10.6 Å². The number of benzene rings is 1. The molecule has 4 nitrogen and oxygen atoms in total. The van der Waals surface area contributed by atoms with Gasteiger partial charge in [0.05, 0.1) is 0 Å². The summed E-state index contributed by atoms with van der Waals surface area (Å²) in [5.41, 5.74) is 2.62. The van der Waals surface area contributed by atoms with Gasteiger partial charge in [-0.05, 0) is 49.8 Å². The summed E-state index contributed by atoms with van der Waals surface area (Å²) in [6, 6.07) is 6.35. The molecule has 2 fully saturated rings. The second-order valence-corrected chi connectivity index (χ2v) is 8.55. The Labute approximate surface area is 167 Å². The topological polar surface area (TPSA) is 58.2 Å². The van der Waals surface area contributed by atoms with Crippen LogP contribution in [0.2, 0.25) is 0 Å². The Kier molecular flexibility index (Phi) is 6.00. The van der Waals surface area contributed by atoms with Gasteiger partial charge in [-0.2, -0.15) is 0 Å². The van der Waals surface area contributed by atoms with E-state index in [-0.39, 0.29) is 17.7 Å². The maximum Gasteiger partial charge on any atom is 0.251 e. The van der Waals surface area contributed by atoms with Gasteiger partial charge in [-0.25, -0.2) is 0 Å². The molecule has 4 heteroatoms. The third-order valence-electron chi connectivity index (χ3n) is 6.39. The average molecular weight is 379 g/mol. The van der Waals surface area contributed by atoms with Crippen LogP contribution in [-0.4, -0.2) is 23.9 Å². The maximum atomic E-state index is 12.6. The van der Waals surface area contributed by atoms with E-state index in [1.165, 1.54) is 38.5 Å². The molecule has 0 bridgehead atoms. The highest BCUT2D eigenvalue weighted by atomic mass is 16.2. The third kappa shape index (κ3) is 4.58. The molecule has 148 valence electrons. The first kappa shape index (κ1) is 19.1. The fraction of sp³-hybridized carbons (Fsp3) is 0.583. The zero-order valence-corrected chi connectivity index (χ0v) is 16.6. The lowest BCUT2D eigenvalue weighted by atomic mass is 9.89. The van der Waals surface area contributed by atoms with E-state index >= 15 is 0 Å². The van der Waals surface area contributed by atoms with Crippen LogP contribution in [0.5, 0.6) is 0 Å². The average Bonchev–Trinajstić information content (AvgIpc) is 2.74. The highest BCUT2D eigenvalue weighted by Gasteiger charge is 2.25. The van der Waals surface area contributed by atoms with Crippen LogP contribution in [0.3, 0.4) is 0 Å². The van der Waals surface area contributed by atoms with Crippen LogP contribution in [0.25, 0.3) is 0 Å². The van der Waals surface area contributed by atoms with Crippen LogP contribution in [0.4, 0.5) is 0 Å². The number of carbonyl (C=O) groups excluding carboxylic acids is 2. The molecular formula is C24H30N2O2. The number of rotatable bonds is 4. The van der Waals surface area contributed by atoms with Crippen molar-refractivity contribution < 1.29 is 9.59 Å². The van der Waals surface area contributed by atoms with Gasteiger partial charge in [-0.3, -0.25) is 9.59 Å². The van der Waals surface area contributed by atoms with Gasteiger partial charge in [0.2, 0.25) is 5.91 Å². The minimum absolute atomic E-state index is 0.00587. The molecule has 3 aliphatic carbocycles. The van der Waals surface area contributed by atoms with E-state index in [1.54, 1.807) is 0 Å². The molecule has 3 aliphatic rings. The standard InChI is InChI=1S/C24H30N2O2/c27-23(25-21-7-3-1-4-8-21)19-13-11-18-16-20(14-12-17(18)15-19)24(28)26-22-9-5-2-6-10-22/h11,13,15,20-22H,1-10,16H2,(H,25,27)(H,26,28). The Balaban J connectivity index is 1.38. The predicted molar refractivity (Wildman–Crippen MR) is 110 cm³/mol. The lowest BCUT2D eigenvalue weighted by molar-refractivity contribution is -0.124. The monoisotopic (exact) mass is 378 g/mol. The summed E-state index contributed by atoms with van der Waals surface area (Å²) in [4.78, 5) is 25.2. The zero-order valence-electron chi connectivity index (χ0n) is 16.6. The normalized spacial score (nSPS) is 22.5. The van der Waals surface area contributed by atoms with Gasteiger partial charge in [-0.15, -0.1) is 0 Å². The van der Waals surface area contributed by atoms with Crippen molar-refractivity contribution >= 4 is 11.8 Å². The molecule has 0 spiro atoms. The number of nitrogens with one attached hydrogen (secondary N) is 2. The van der Waals surface area contributed by atoms with Crippen molar-refractivity contribution in [3.8, 4) is 11.8 Å². The zero-order chi connectivity index (χ0) is 19.3. The van der Waals surface area contributed by atoms with Gasteiger partial charge in [0.15, 0.2) is 0 Å². The second-order valence-electron chi connectivity index (χ2n) is 8.55. The summed E-state index contributed by atoms with van der Waals surface area (Å²) in [5.74, 6) is 6.03. The summed E-state index contributed by atoms with van der Waals surface area (Å²) in [7, 11) is 0. The lowest BCUT2D eigenvalue weighted by Crippen LogP contribution is -2.40. The molecule has 28 heavy (non-hydrogen) atoms. The van der Waals surface area contributed by atoms with Crippen LogP contribution < -0.4 is 10.6 Å². The molecule has 1 unspecified atom stereocenters. The summed E-state index contributed by atoms with van der Waals surface area (Å²) < 4.78 is 0. The van der Waals surface area contributed by atoms with Crippen molar-refractivity contribution in [3.05, 3.63) is 34.9 Å². The molecule has 0 saturated heterocycles. The summed E-state index contributed by atoms with van der Waals surface area (Å²) in [5, 5.41) is 6.35. The molecule has 2 N–H and O–H groups in total. The Morgan fingerprint density at radius 2 is 1.50 bits per heavy atom. The molecule has 1 aromatic rings. The van der Waals surface area contributed by atoms with Gasteiger partial charge in [0, 0.05) is 23.2 Å².